The van der Waals surface area contributed by atoms with Crippen LogP contribution in [0.25, 0.3) is 0 Å². The number of nitrogens with zero attached hydrogens (tertiary/aromatic N) is 2. The lowest BCUT2D eigenvalue weighted by Gasteiger charge is -2.26. The summed E-state index contributed by atoms with van der Waals surface area (Å²) in [6.07, 6.45) is 3.18. The van der Waals surface area contributed by atoms with Crippen molar-refractivity contribution in [1.29, 1.82) is 0 Å². The van der Waals surface area contributed by atoms with Gasteiger partial charge < -0.3 is 9.84 Å². The Balaban J connectivity index is 2.29. The topological polar surface area (TPSA) is 68.0 Å². The fourth-order valence-electron chi connectivity index (χ4n) is 2.35. The molecule has 0 unspecified atom stereocenters. The smallest absolute Gasteiger partial charge is 0.253 e. The van der Waals surface area contributed by atoms with E-state index < -0.39 is 5.54 Å². The molecular formula is C14H16BrN3O2. The van der Waals surface area contributed by atoms with Crippen LogP contribution in [0.1, 0.15) is 41.2 Å². The van der Waals surface area contributed by atoms with Crippen LogP contribution in [0.5, 0.6) is 0 Å². The molecular weight excluding hydrogens is 322 g/mol. The minimum absolute atomic E-state index is 0.177. The molecule has 2 aromatic heterocycles. The number of pyridine rings is 1. The van der Waals surface area contributed by atoms with Crippen molar-refractivity contribution in [2.24, 2.45) is 0 Å². The molecule has 2 aromatic rings. The normalized spacial score (nSPS) is 11.4. The van der Waals surface area contributed by atoms with Gasteiger partial charge in [-0.25, -0.2) is 0 Å². The Morgan fingerprint density at radius 1 is 1.40 bits per heavy atom. The Morgan fingerprint density at radius 3 is 2.65 bits per heavy atom. The van der Waals surface area contributed by atoms with Crippen LogP contribution in [-0.4, -0.2) is 16.0 Å². The van der Waals surface area contributed by atoms with Crippen molar-refractivity contribution in [1.82, 2.24) is 15.5 Å². The highest BCUT2D eigenvalue weighted by Crippen LogP contribution is 2.27. The number of carbonyl (C=O) groups is 1. The number of halogens is 1. The summed E-state index contributed by atoms with van der Waals surface area (Å²) < 4.78 is 5.83. The maximum atomic E-state index is 12.4. The molecule has 0 atom stereocenters. The second-order valence-electron chi connectivity index (χ2n) is 5.13. The third kappa shape index (κ3) is 2.75. The van der Waals surface area contributed by atoms with Crippen molar-refractivity contribution in [3.05, 3.63) is 45.5 Å². The predicted octanol–water partition coefficient (Wildman–Crippen LogP) is 3.11. The molecule has 0 spiro atoms. The van der Waals surface area contributed by atoms with Gasteiger partial charge in [-0.15, -0.1) is 0 Å². The minimum atomic E-state index is -0.575. The molecule has 1 N–H and O–H groups in total. The van der Waals surface area contributed by atoms with E-state index in [2.05, 4.69) is 31.4 Å². The Bertz CT molecular complexity index is 630. The lowest BCUT2D eigenvalue weighted by atomic mass is 9.92. The second-order valence-corrected chi connectivity index (χ2v) is 5.99. The maximum absolute atomic E-state index is 12.4. The molecule has 0 saturated heterocycles. The first-order chi connectivity index (χ1) is 9.33. The summed E-state index contributed by atoms with van der Waals surface area (Å²) in [5.41, 5.74) is 1.64. The van der Waals surface area contributed by atoms with Gasteiger partial charge in [-0.1, -0.05) is 5.16 Å². The summed E-state index contributed by atoms with van der Waals surface area (Å²) in [5, 5.41) is 6.94. The van der Waals surface area contributed by atoms with Gasteiger partial charge in [-0.3, -0.25) is 9.78 Å². The van der Waals surface area contributed by atoms with E-state index in [0.29, 0.717) is 15.8 Å². The zero-order valence-corrected chi connectivity index (χ0v) is 13.4. The molecule has 106 valence electrons. The molecule has 0 saturated carbocycles. The van der Waals surface area contributed by atoms with Crippen LogP contribution in [0.3, 0.4) is 0 Å². The summed E-state index contributed by atoms with van der Waals surface area (Å²) in [5.74, 6) is 0.533. The lowest BCUT2D eigenvalue weighted by molar-refractivity contribution is 0.0910. The number of aromatic nitrogens is 2. The van der Waals surface area contributed by atoms with E-state index in [9.17, 15) is 4.79 Å². The quantitative estimate of drug-likeness (QED) is 0.934. The van der Waals surface area contributed by atoms with E-state index in [1.165, 1.54) is 0 Å². The van der Waals surface area contributed by atoms with E-state index >= 15 is 0 Å². The van der Waals surface area contributed by atoms with Crippen LogP contribution in [0.2, 0.25) is 0 Å². The van der Waals surface area contributed by atoms with Crippen molar-refractivity contribution in [3.8, 4) is 0 Å². The third-order valence-electron chi connectivity index (χ3n) is 3.10. The standard InChI is InChI=1S/C14H16BrN3O2/c1-8-12(9(2)20-18-8)14(3,4)17-13(19)10-5-6-16-7-11(10)15/h5-7H,1-4H3,(H,17,19). The number of hydrogen-bond acceptors (Lipinski definition) is 4. The molecule has 0 aromatic carbocycles. The van der Waals surface area contributed by atoms with Gasteiger partial charge in [0.05, 0.1) is 16.8 Å². The minimum Gasteiger partial charge on any atom is -0.361 e. The van der Waals surface area contributed by atoms with Crippen molar-refractivity contribution < 1.29 is 9.32 Å². The van der Waals surface area contributed by atoms with Gasteiger partial charge in [0.2, 0.25) is 0 Å². The van der Waals surface area contributed by atoms with Crippen LogP contribution in [0, 0.1) is 13.8 Å². The molecule has 1 amide bonds. The van der Waals surface area contributed by atoms with Crippen LogP contribution < -0.4 is 5.32 Å². The summed E-state index contributed by atoms with van der Waals surface area (Å²) >= 11 is 3.33. The fourth-order valence-corrected chi connectivity index (χ4v) is 2.78. The molecule has 20 heavy (non-hydrogen) atoms. The lowest BCUT2D eigenvalue weighted by Crippen LogP contribution is -2.41. The first kappa shape index (κ1) is 14.7. The maximum Gasteiger partial charge on any atom is 0.253 e. The Labute approximate surface area is 125 Å². The van der Waals surface area contributed by atoms with Gasteiger partial charge in [0, 0.05) is 22.4 Å². The monoisotopic (exact) mass is 337 g/mol. The molecule has 6 heteroatoms. The predicted molar refractivity (Wildman–Crippen MR) is 78.4 cm³/mol. The Hall–Kier alpha value is -1.69. The number of hydrogen-bond donors (Lipinski definition) is 1. The van der Waals surface area contributed by atoms with Crippen LogP contribution in [0.4, 0.5) is 0 Å². The van der Waals surface area contributed by atoms with Crippen molar-refractivity contribution in [2.75, 3.05) is 0 Å². The highest BCUT2D eigenvalue weighted by Gasteiger charge is 2.30. The first-order valence-corrected chi connectivity index (χ1v) is 6.97. The number of rotatable bonds is 3. The largest absolute Gasteiger partial charge is 0.361 e. The molecule has 2 rings (SSSR count). The van der Waals surface area contributed by atoms with Crippen LogP contribution >= 0.6 is 15.9 Å². The second kappa shape index (κ2) is 5.36. The van der Waals surface area contributed by atoms with Crippen molar-refractivity contribution in [2.45, 2.75) is 33.2 Å². The zero-order valence-electron chi connectivity index (χ0n) is 11.8. The molecule has 0 aliphatic rings. The number of carbonyl (C=O) groups excluding carboxylic acids is 1. The fraction of sp³-hybridized carbons (Fsp3) is 0.357. The van der Waals surface area contributed by atoms with Gasteiger partial charge in [-0.2, -0.15) is 0 Å². The molecule has 0 bridgehead atoms. The van der Waals surface area contributed by atoms with E-state index in [1.807, 2.05) is 27.7 Å². The SMILES string of the molecule is Cc1noc(C)c1C(C)(C)NC(=O)c1ccncc1Br. The highest BCUT2D eigenvalue weighted by molar-refractivity contribution is 9.10. The number of nitrogens with one attached hydrogen (secondary N) is 1. The van der Waals surface area contributed by atoms with E-state index in [1.54, 1.807) is 18.5 Å². The van der Waals surface area contributed by atoms with E-state index in [4.69, 9.17) is 4.52 Å². The van der Waals surface area contributed by atoms with Gasteiger partial charge in [0.15, 0.2) is 0 Å². The summed E-state index contributed by atoms with van der Waals surface area (Å²) in [4.78, 5) is 16.3. The van der Waals surface area contributed by atoms with Crippen molar-refractivity contribution >= 4 is 21.8 Å². The zero-order chi connectivity index (χ0) is 14.9. The Morgan fingerprint density at radius 2 is 2.10 bits per heavy atom. The van der Waals surface area contributed by atoms with Gasteiger partial charge in [0.1, 0.15) is 5.76 Å². The molecule has 0 aliphatic carbocycles. The molecule has 2 heterocycles. The number of aryl methyl sites for hydroxylation is 2. The van der Waals surface area contributed by atoms with Gasteiger partial charge in [-0.05, 0) is 49.7 Å². The molecule has 0 aliphatic heterocycles. The average molecular weight is 338 g/mol. The van der Waals surface area contributed by atoms with E-state index in [0.717, 1.165) is 11.3 Å². The van der Waals surface area contributed by atoms with Gasteiger partial charge in [0.25, 0.3) is 5.91 Å². The van der Waals surface area contributed by atoms with Crippen LogP contribution in [-0.2, 0) is 5.54 Å². The summed E-state index contributed by atoms with van der Waals surface area (Å²) in [7, 11) is 0. The van der Waals surface area contributed by atoms with E-state index in [-0.39, 0.29) is 5.91 Å². The average Bonchev–Trinajstić information content (AvgIpc) is 2.69. The highest BCUT2D eigenvalue weighted by atomic mass is 79.9. The summed E-state index contributed by atoms with van der Waals surface area (Å²) in [6.45, 7) is 7.55. The molecule has 5 nitrogen and oxygen atoms in total. The van der Waals surface area contributed by atoms with Crippen molar-refractivity contribution in [3.63, 3.8) is 0 Å². The third-order valence-corrected chi connectivity index (χ3v) is 3.73. The molecule has 0 radical (unpaired) electrons. The first-order valence-electron chi connectivity index (χ1n) is 6.18. The summed E-state index contributed by atoms with van der Waals surface area (Å²) in [6, 6.07) is 1.67. The molecule has 0 fully saturated rings. The van der Waals surface area contributed by atoms with Crippen LogP contribution in [0.15, 0.2) is 27.5 Å². The number of amides is 1. The van der Waals surface area contributed by atoms with Gasteiger partial charge >= 0.3 is 0 Å². The Kier molecular flexibility index (Phi) is 3.94.